The zero-order valence-electron chi connectivity index (χ0n) is 7.58. The number of methoxy groups -OCH3 is 1. The Morgan fingerprint density at radius 1 is 1.42 bits per heavy atom. The van der Waals surface area contributed by atoms with Gasteiger partial charge in [-0.05, 0) is 19.8 Å². The molecule has 0 radical (unpaired) electrons. The summed E-state index contributed by atoms with van der Waals surface area (Å²) in [5, 5.41) is 8.72. The van der Waals surface area contributed by atoms with Gasteiger partial charge in [0.25, 0.3) is 0 Å². The molecule has 0 aliphatic heterocycles. The molecule has 0 fully saturated rings. The van der Waals surface area contributed by atoms with Crippen LogP contribution in [0.4, 0.5) is 0 Å². The van der Waals surface area contributed by atoms with Crippen LogP contribution in [-0.2, 0) is 14.3 Å². The predicted molar refractivity (Wildman–Crippen MR) is 43.7 cm³/mol. The maximum atomic E-state index is 10.7. The van der Waals surface area contributed by atoms with Gasteiger partial charge in [0, 0.05) is 13.7 Å². The van der Waals surface area contributed by atoms with Gasteiger partial charge in [0.15, 0.2) is 0 Å². The average Bonchev–Trinajstić information content (AvgIpc) is 2.03. The first-order valence-corrected chi connectivity index (χ1v) is 4.02. The standard InChI is InChI=1S/C8H16O4/c1-7(9)8(10)12-6-4-3-5-11-2/h7,9H,3-6H2,1-2H3. The molecule has 0 amide bonds. The monoisotopic (exact) mass is 176 g/mol. The van der Waals surface area contributed by atoms with E-state index in [0.29, 0.717) is 13.2 Å². The molecular formula is C8H16O4. The number of rotatable bonds is 6. The maximum Gasteiger partial charge on any atom is 0.334 e. The summed E-state index contributed by atoms with van der Waals surface area (Å²) in [5.74, 6) is -0.563. The molecule has 0 aliphatic rings. The van der Waals surface area contributed by atoms with E-state index in [2.05, 4.69) is 0 Å². The van der Waals surface area contributed by atoms with Crippen LogP contribution < -0.4 is 0 Å². The van der Waals surface area contributed by atoms with Crippen molar-refractivity contribution in [1.82, 2.24) is 0 Å². The third kappa shape index (κ3) is 6.12. The minimum Gasteiger partial charge on any atom is -0.464 e. The van der Waals surface area contributed by atoms with Crippen LogP contribution in [0.2, 0.25) is 0 Å². The fourth-order valence-electron chi connectivity index (χ4n) is 0.642. The van der Waals surface area contributed by atoms with Crippen molar-refractivity contribution in [3.8, 4) is 0 Å². The second-order valence-corrected chi connectivity index (χ2v) is 2.54. The largest absolute Gasteiger partial charge is 0.464 e. The van der Waals surface area contributed by atoms with Crippen molar-refractivity contribution in [3.05, 3.63) is 0 Å². The van der Waals surface area contributed by atoms with Crippen LogP contribution in [0.25, 0.3) is 0 Å². The summed E-state index contributed by atoms with van der Waals surface area (Å²) in [5.41, 5.74) is 0. The van der Waals surface area contributed by atoms with E-state index < -0.39 is 12.1 Å². The van der Waals surface area contributed by atoms with Crippen molar-refractivity contribution < 1.29 is 19.4 Å². The first-order valence-electron chi connectivity index (χ1n) is 4.02. The molecule has 12 heavy (non-hydrogen) atoms. The summed E-state index contributed by atoms with van der Waals surface area (Å²) in [6, 6.07) is 0. The van der Waals surface area contributed by atoms with Gasteiger partial charge in [-0.3, -0.25) is 0 Å². The summed E-state index contributed by atoms with van der Waals surface area (Å²) in [6.07, 6.45) is 0.614. The Morgan fingerprint density at radius 3 is 2.50 bits per heavy atom. The van der Waals surface area contributed by atoms with E-state index >= 15 is 0 Å². The van der Waals surface area contributed by atoms with Crippen molar-refractivity contribution in [2.75, 3.05) is 20.3 Å². The molecule has 0 saturated carbocycles. The highest BCUT2D eigenvalue weighted by atomic mass is 16.5. The molecule has 0 aromatic rings. The zero-order valence-corrected chi connectivity index (χ0v) is 7.58. The summed E-state index contributed by atoms with van der Waals surface area (Å²) in [4.78, 5) is 10.7. The number of esters is 1. The minimum atomic E-state index is -1.02. The highest BCUT2D eigenvalue weighted by Crippen LogP contribution is 1.93. The van der Waals surface area contributed by atoms with Crippen LogP contribution in [-0.4, -0.2) is 37.5 Å². The van der Waals surface area contributed by atoms with Gasteiger partial charge in [-0.1, -0.05) is 0 Å². The summed E-state index contributed by atoms with van der Waals surface area (Å²) in [7, 11) is 1.63. The molecule has 72 valence electrons. The zero-order chi connectivity index (χ0) is 9.40. The molecule has 0 saturated heterocycles. The number of carbonyl (C=O) groups is 1. The Bertz CT molecular complexity index is 122. The Balaban J connectivity index is 3.14. The van der Waals surface area contributed by atoms with Gasteiger partial charge in [-0.25, -0.2) is 4.79 Å². The topological polar surface area (TPSA) is 55.8 Å². The van der Waals surface area contributed by atoms with Crippen LogP contribution in [0.15, 0.2) is 0 Å². The van der Waals surface area contributed by atoms with E-state index in [0.717, 1.165) is 12.8 Å². The van der Waals surface area contributed by atoms with Crippen LogP contribution in [0.1, 0.15) is 19.8 Å². The minimum absolute atomic E-state index is 0.354. The van der Waals surface area contributed by atoms with Gasteiger partial charge in [0.05, 0.1) is 6.61 Å². The van der Waals surface area contributed by atoms with E-state index in [1.165, 1.54) is 6.92 Å². The van der Waals surface area contributed by atoms with Crippen molar-refractivity contribution in [2.45, 2.75) is 25.9 Å². The van der Waals surface area contributed by atoms with Crippen LogP contribution in [0.5, 0.6) is 0 Å². The van der Waals surface area contributed by atoms with E-state index in [9.17, 15) is 4.79 Å². The molecule has 1 N–H and O–H groups in total. The van der Waals surface area contributed by atoms with E-state index in [4.69, 9.17) is 14.6 Å². The van der Waals surface area contributed by atoms with Gasteiger partial charge in [0.1, 0.15) is 6.10 Å². The molecule has 0 bridgehead atoms. The molecule has 0 rings (SSSR count). The fraction of sp³-hybridized carbons (Fsp3) is 0.875. The van der Waals surface area contributed by atoms with Gasteiger partial charge < -0.3 is 14.6 Å². The molecule has 0 aromatic heterocycles. The Kier molecular flexibility index (Phi) is 6.70. The molecule has 0 heterocycles. The molecular weight excluding hydrogens is 160 g/mol. The normalized spacial score (nSPS) is 12.6. The first kappa shape index (κ1) is 11.4. The number of aliphatic hydroxyl groups is 1. The summed E-state index contributed by atoms with van der Waals surface area (Å²) < 4.78 is 9.51. The molecule has 0 spiro atoms. The molecule has 0 aromatic carbocycles. The van der Waals surface area contributed by atoms with Gasteiger partial charge in [0.2, 0.25) is 0 Å². The van der Waals surface area contributed by atoms with Crippen molar-refractivity contribution in [3.63, 3.8) is 0 Å². The van der Waals surface area contributed by atoms with Crippen molar-refractivity contribution >= 4 is 5.97 Å². The molecule has 1 atom stereocenters. The summed E-state index contributed by atoms with van der Waals surface area (Å²) in [6.45, 7) is 2.41. The summed E-state index contributed by atoms with van der Waals surface area (Å²) >= 11 is 0. The van der Waals surface area contributed by atoms with Crippen LogP contribution in [0, 0.1) is 0 Å². The predicted octanol–water partition coefficient (Wildman–Crippen LogP) is 0.337. The smallest absolute Gasteiger partial charge is 0.334 e. The number of aliphatic hydroxyl groups excluding tert-OH is 1. The van der Waals surface area contributed by atoms with E-state index in [-0.39, 0.29) is 0 Å². The lowest BCUT2D eigenvalue weighted by atomic mass is 10.3. The van der Waals surface area contributed by atoms with Crippen molar-refractivity contribution in [2.24, 2.45) is 0 Å². The highest BCUT2D eigenvalue weighted by molar-refractivity contribution is 5.73. The lowest BCUT2D eigenvalue weighted by Crippen LogP contribution is -2.19. The number of unbranched alkanes of at least 4 members (excludes halogenated alkanes) is 1. The third-order valence-electron chi connectivity index (χ3n) is 1.33. The quantitative estimate of drug-likeness (QED) is 0.468. The number of hydrogen-bond acceptors (Lipinski definition) is 4. The van der Waals surface area contributed by atoms with E-state index in [1.807, 2.05) is 0 Å². The third-order valence-corrected chi connectivity index (χ3v) is 1.33. The molecule has 4 nitrogen and oxygen atoms in total. The average molecular weight is 176 g/mol. The lowest BCUT2D eigenvalue weighted by molar-refractivity contribution is -0.152. The van der Waals surface area contributed by atoms with Gasteiger partial charge in [-0.15, -0.1) is 0 Å². The van der Waals surface area contributed by atoms with E-state index in [1.54, 1.807) is 7.11 Å². The van der Waals surface area contributed by atoms with Crippen LogP contribution >= 0.6 is 0 Å². The van der Waals surface area contributed by atoms with Crippen LogP contribution in [0.3, 0.4) is 0 Å². The Labute approximate surface area is 72.5 Å². The Hall–Kier alpha value is -0.610. The highest BCUT2D eigenvalue weighted by Gasteiger charge is 2.08. The molecule has 4 heteroatoms. The lowest BCUT2D eigenvalue weighted by Gasteiger charge is -2.05. The molecule has 1 unspecified atom stereocenters. The number of hydrogen-bond donors (Lipinski definition) is 1. The fourth-order valence-corrected chi connectivity index (χ4v) is 0.642. The first-order chi connectivity index (χ1) is 5.68. The number of carbonyl (C=O) groups excluding carboxylic acids is 1. The second-order valence-electron chi connectivity index (χ2n) is 2.54. The van der Waals surface area contributed by atoms with Gasteiger partial charge >= 0.3 is 5.97 Å². The maximum absolute atomic E-state index is 10.7. The Morgan fingerprint density at radius 2 is 2.00 bits per heavy atom. The number of ether oxygens (including phenoxy) is 2. The van der Waals surface area contributed by atoms with Gasteiger partial charge in [-0.2, -0.15) is 0 Å². The SMILES string of the molecule is COCCCCOC(=O)C(C)O. The second kappa shape index (κ2) is 7.06. The molecule has 0 aliphatic carbocycles. The van der Waals surface area contributed by atoms with Crippen molar-refractivity contribution in [1.29, 1.82) is 0 Å².